The van der Waals surface area contributed by atoms with Gasteiger partial charge in [-0.1, -0.05) is 0 Å². The van der Waals surface area contributed by atoms with E-state index in [2.05, 4.69) is 9.97 Å². The molecule has 112 valence electrons. The quantitative estimate of drug-likeness (QED) is 0.714. The third-order valence-electron chi connectivity index (χ3n) is 3.76. The maximum absolute atomic E-state index is 11.1. The number of hydrogen-bond acceptors (Lipinski definition) is 6. The molecule has 3 N–H and O–H groups in total. The van der Waals surface area contributed by atoms with E-state index >= 15 is 0 Å². The largest absolute Gasteiger partial charge is 0.465 e. The number of thiazole rings is 1. The molecule has 0 unspecified atom stereocenters. The fraction of sp³-hybridized carbons (Fsp3) is 0.214. The molecule has 0 fully saturated rings. The Morgan fingerprint density at radius 2 is 2.27 bits per heavy atom. The first-order valence-corrected chi connectivity index (χ1v) is 8.35. The molecule has 22 heavy (non-hydrogen) atoms. The SMILES string of the molecule is Nc1sc2c(c1-c1nc3cnccc3s1)CCN(C(=O)O)C2. The molecule has 6 nitrogen and oxygen atoms in total. The van der Waals surface area contributed by atoms with E-state index in [-0.39, 0.29) is 0 Å². The van der Waals surface area contributed by atoms with Crippen molar-refractivity contribution in [2.75, 3.05) is 12.3 Å². The molecule has 4 rings (SSSR count). The molecule has 1 amide bonds. The Kier molecular flexibility index (Phi) is 3.02. The molecular weight excluding hydrogens is 320 g/mol. The second-order valence-electron chi connectivity index (χ2n) is 5.06. The van der Waals surface area contributed by atoms with Gasteiger partial charge in [-0.15, -0.1) is 22.7 Å². The van der Waals surface area contributed by atoms with Gasteiger partial charge in [-0.05, 0) is 18.1 Å². The van der Waals surface area contributed by atoms with Crippen molar-refractivity contribution in [3.63, 3.8) is 0 Å². The van der Waals surface area contributed by atoms with E-state index in [1.165, 1.54) is 16.2 Å². The molecule has 0 atom stereocenters. The molecular formula is C14H12N4O2S2. The number of anilines is 1. The normalized spacial score (nSPS) is 14.3. The molecule has 0 spiro atoms. The summed E-state index contributed by atoms with van der Waals surface area (Å²) in [6.45, 7) is 0.907. The lowest BCUT2D eigenvalue weighted by Gasteiger charge is -2.24. The van der Waals surface area contributed by atoms with Crippen LogP contribution in [0.25, 0.3) is 20.8 Å². The molecule has 0 aromatic carbocycles. The molecule has 0 aliphatic carbocycles. The van der Waals surface area contributed by atoms with E-state index < -0.39 is 6.09 Å². The van der Waals surface area contributed by atoms with Crippen molar-refractivity contribution >= 4 is 44.0 Å². The van der Waals surface area contributed by atoms with Gasteiger partial charge in [-0.2, -0.15) is 0 Å². The van der Waals surface area contributed by atoms with Crippen LogP contribution in [0.5, 0.6) is 0 Å². The van der Waals surface area contributed by atoms with E-state index in [9.17, 15) is 4.79 Å². The number of carboxylic acid groups (broad SMARTS) is 1. The molecule has 3 aromatic heterocycles. The van der Waals surface area contributed by atoms with Crippen molar-refractivity contribution in [3.8, 4) is 10.6 Å². The van der Waals surface area contributed by atoms with Crippen molar-refractivity contribution in [2.24, 2.45) is 0 Å². The fourth-order valence-electron chi connectivity index (χ4n) is 2.71. The van der Waals surface area contributed by atoms with Crippen LogP contribution >= 0.6 is 22.7 Å². The van der Waals surface area contributed by atoms with Crippen LogP contribution in [-0.4, -0.2) is 32.6 Å². The maximum Gasteiger partial charge on any atom is 0.407 e. The Bertz CT molecular complexity index is 853. The summed E-state index contributed by atoms with van der Waals surface area (Å²) in [5.74, 6) is 0. The van der Waals surface area contributed by atoms with Gasteiger partial charge in [0.15, 0.2) is 0 Å². The Morgan fingerprint density at radius 1 is 1.41 bits per heavy atom. The number of nitrogens with two attached hydrogens (primary N) is 1. The van der Waals surface area contributed by atoms with Crippen molar-refractivity contribution in [2.45, 2.75) is 13.0 Å². The van der Waals surface area contributed by atoms with Crippen molar-refractivity contribution in [1.82, 2.24) is 14.9 Å². The molecule has 1 aliphatic heterocycles. The summed E-state index contributed by atoms with van der Waals surface area (Å²) in [5, 5.41) is 10.7. The van der Waals surface area contributed by atoms with Gasteiger partial charge in [0, 0.05) is 23.2 Å². The minimum Gasteiger partial charge on any atom is -0.465 e. The van der Waals surface area contributed by atoms with Crippen LogP contribution in [-0.2, 0) is 13.0 Å². The number of thiophene rings is 1. The molecule has 0 saturated heterocycles. The van der Waals surface area contributed by atoms with Crippen LogP contribution in [0.15, 0.2) is 18.5 Å². The average Bonchev–Trinajstić information content (AvgIpc) is 3.05. The lowest BCUT2D eigenvalue weighted by atomic mass is 10.0. The van der Waals surface area contributed by atoms with Crippen LogP contribution < -0.4 is 5.73 Å². The Hall–Kier alpha value is -2.19. The van der Waals surface area contributed by atoms with Gasteiger partial charge in [-0.25, -0.2) is 9.78 Å². The number of aromatic nitrogens is 2. The van der Waals surface area contributed by atoms with E-state index in [4.69, 9.17) is 10.8 Å². The molecule has 4 heterocycles. The zero-order chi connectivity index (χ0) is 15.3. The highest BCUT2D eigenvalue weighted by molar-refractivity contribution is 7.22. The summed E-state index contributed by atoms with van der Waals surface area (Å²) >= 11 is 3.06. The maximum atomic E-state index is 11.1. The highest BCUT2D eigenvalue weighted by Gasteiger charge is 2.27. The van der Waals surface area contributed by atoms with Gasteiger partial charge in [0.05, 0.1) is 22.4 Å². The number of amides is 1. The predicted octanol–water partition coefficient (Wildman–Crippen LogP) is 3.04. The number of hydrogen-bond donors (Lipinski definition) is 2. The second kappa shape index (κ2) is 4.92. The number of carbonyl (C=O) groups is 1. The first-order chi connectivity index (χ1) is 10.6. The third-order valence-corrected chi connectivity index (χ3v) is 5.86. The van der Waals surface area contributed by atoms with Crippen molar-refractivity contribution in [3.05, 3.63) is 28.9 Å². The summed E-state index contributed by atoms with van der Waals surface area (Å²) in [6, 6.07) is 1.94. The summed E-state index contributed by atoms with van der Waals surface area (Å²) in [5.41, 5.74) is 9.19. The topological polar surface area (TPSA) is 92.3 Å². The first kappa shape index (κ1) is 13.5. The number of rotatable bonds is 1. The van der Waals surface area contributed by atoms with Gasteiger partial charge >= 0.3 is 6.09 Å². The van der Waals surface area contributed by atoms with Crippen LogP contribution in [0.1, 0.15) is 10.4 Å². The molecule has 0 bridgehead atoms. The van der Waals surface area contributed by atoms with E-state index in [0.717, 1.165) is 31.2 Å². The minimum absolute atomic E-state index is 0.409. The van der Waals surface area contributed by atoms with Gasteiger partial charge in [0.25, 0.3) is 0 Å². The molecule has 8 heteroatoms. The number of fused-ring (bicyclic) bond motifs is 2. The van der Waals surface area contributed by atoms with Crippen molar-refractivity contribution in [1.29, 1.82) is 0 Å². The van der Waals surface area contributed by atoms with Gasteiger partial charge in [0.2, 0.25) is 0 Å². The molecule has 3 aromatic rings. The molecule has 0 saturated carbocycles. The predicted molar refractivity (Wildman–Crippen MR) is 87.3 cm³/mol. The Balaban J connectivity index is 1.81. The summed E-state index contributed by atoms with van der Waals surface area (Å²) in [6.07, 6.45) is 3.29. The summed E-state index contributed by atoms with van der Waals surface area (Å²) in [7, 11) is 0. The van der Waals surface area contributed by atoms with Gasteiger partial charge in [-0.3, -0.25) is 4.98 Å². The fourth-order valence-corrected chi connectivity index (χ4v) is 4.93. The third kappa shape index (κ3) is 2.03. The van der Waals surface area contributed by atoms with Crippen LogP contribution in [0.4, 0.5) is 9.80 Å². The number of nitrogens with zero attached hydrogens (tertiary/aromatic N) is 3. The zero-order valence-electron chi connectivity index (χ0n) is 11.4. The summed E-state index contributed by atoms with van der Waals surface area (Å²) in [4.78, 5) is 22.3. The van der Waals surface area contributed by atoms with Crippen LogP contribution in [0.3, 0.4) is 0 Å². The minimum atomic E-state index is -0.884. The van der Waals surface area contributed by atoms with Crippen LogP contribution in [0.2, 0.25) is 0 Å². The zero-order valence-corrected chi connectivity index (χ0v) is 13.1. The number of nitrogen functional groups attached to an aromatic ring is 1. The van der Waals surface area contributed by atoms with E-state index in [1.807, 2.05) is 6.07 Å². The Morgan fingerprint density at radius 3 is 3.05 bits per heavy atom. The highest BCUT2D eigenvalue weighted by atomic mass is 32.1. The monoisotopic (exact) mass is 332 g/mol. The Labute approximate surface area is 133 Å². The summed E-state index contributed by atoms with van der Waals surface area (Å²) < 4.78 is 1.08. The first-order valence-electron chi connectivity index (χ1n) is 6.72. The standard InChI is InChI=1S/C14H12N4O2S2/c15-12-11(13-17-8-5-16-3-1-9(8)22-13)7-2-4-18(14(19)20)6-10(7)21-12/h1,3,5H,2,4,6,15H2,(H,19,20). The van der Waals surface area contributed by atoms with Gasteiger partial charge in [0.1, 0.15) is 10.5 Å². The smallest absolute Gasteiger partial charge is 0.407 e. The van der Waals surface area contributed by atoms with E-state index in [1.54, 1.807) is 23.7 Å². The number of pyridine rings is 1. The van der Waals surface area contributed by atoms with E-state index in [0.29, 0.717) is 24.5 Å². The lowest BCUT2D eigenvalue weighted by Crippen LogP contribution is -2.34. The molecule has 0 radical (unpaired) electrons. The second-order valence-corrected chi connectivity index (χ2v) is 7.23. The van der Waals surface area contributed by atoms with Crippen LogP contribution in [0, 0.1) is 0 Å². The average molecular weight is 332 g/mol. The lowest BCUT2D eigenvalue weighted by molar-refractivity contribution is 0.140. The highest BCUT2D eigenvalue weighted by Crippen LogP contribution is 2.43. The molecule has 1 aliphatic rings. The van der Waals surface area contributed by atoms with Gasteiger partial charge < -0.3 is 15.7 Å². The van der Waals surface area contributed by atoms with Crippen molar-refractivity contribution < 1.29 is 9.90 Å².